The molecule has 0 bridgehead atoms. The van der Waals surface area contributed by atoms with Crippen LogP contribution < -0.4 is 5.32 Å². The molecule has 0 spiro atoms. The van der Waals surface area contributed by atoms with Gasteiger partial charge in [0, 0.05) is 54.4 Å². The second kappa shape index (κ2) is 9.94. The Morgan fingerprint density at radius 3 is 2.88 bits per heavy atom. The lowest BCUT2D eigenvalue weighted by Crippen LogP contribution is -2.30. The average molecular weight is 471 g/mol. The molecule has 3 aliphatic rings. The molecule has 8 heteroatoms. The fraction of sp³-hybridized carbons (Fsp3) is 0.600. The minimum atomic E-state index is -0.0961. The van der Waals surface area contributed by atoms with E-state index in [1.165, 1.54) is 5.69 Å². The third-order valence-electron chi connectivity index (χ3n) is 7.41. The molecule has 1 amide bonds. The van der Waals surface area contributed by atoms with Gasteiger partial charge in [-0.3, -0.25) is 14.3 Å². The van der Waals surface area contributed by atoms with Crippen LogP contribution >= 0.6 is 11.6 Å². The highest BCUT2D eigenvalue weighted by atomic mass is 35.5. The molecule has 1 unspecified atom stereocenters. The zero-order chi connectivity index (χ0) is 22.8. The number of carbonyl (C=O) groups excluding carboxylic acids is 2. The number of carbonyl (C=O) groups is 2. The van der Waals surface area contributed by atoms with Crippen LogP contribution in [-0.4, -0.2) is 39.7 Å². The van der Waals surface area contributed by atoms with Crippen LogP contribution in [0.3, 0.4) is 0 Å². The Bertz CT molecular complexity index is 1030. The van der Waals surface area contributed by atoms with Gasteiger partial charge in [-0.1, -0.05) is 18.0 Å². The summed E-state index contributed by atoms with van der Waals surface area (Å²) in [5.74, 6) is 1.01. The van der Waals surface area contributed by atoms with Crippen LogP contribution in [0.15, 0.2) is 18.5 Å². The highest BCUT2D eigenvalue weighted by Crippen LogP contribution is 2.36. The molecule has 2 aromatic rings. The molecule has 1 N–H and O–H groups in total. The number of ketones is 1. The summed E-state index contributed by atoms with van der Waals surface area (Å²) in [4.78, 5) is 30.0. The van der Waals surface area contributed by atoms with Gasteiger partial charge in [0.1, 0.15) is 11.6 Å². The first-order valence-corrected chi connectivity index (χ1v) is 12.6. The number of halogens is 1. The SMILES string of the molecule is O=C(C[C@@H]1CCC[C@H](C(=O)Nc2cc(-c3cnn4c3CCCC4)c(Cl)cn2)C1)C1CCOC1. The van der Waals surface area contributed by atoms with Crippen LogP contribution in [0, 0.1) is 17.8 Å². The van der Waals surface area contributed by atoms with E-state index in [4.69, 9.17) is 16.3 Å². The highest BCUT2D eigenvalue weighted by Gasteiger charge is 2.31. The molecule has 5 rings (SSSR count). The van der Waals surface area contributed by atoms with Gasteiger partial charge in [0.15, 0.2) is 0 Å². The summed E-state index contributed by atoms with van der Waals surface area (Å²) >= 11 is 6.48. The quantitative estimate of drug-likeness (QED) is 0.662. The zero-order valence-corrected chi connectivity index (χ0v) is 19.6. The summed E-state index contributed by atoms with van der Waals surface area (Å²) in [6.45, 7) is 2.17. The van der Waals surface area contributed by atoms with Crippen molar-refractivity contribution in [3.8, 4) is 11.1 Å². The maximum atomic E-state index is 13.1. The fourth-order valence-corrected chi connectivity index (χ4v) is 5.75. The van der Waals surface area contributed by atoms with Crippen molar-refractivity contribution in [3.63, 3.8) is 0 Å². The second-order valence-corrected chi connectivity index (χ2v) is 10.1. The van der Waals surface area contributed by atoms with Crippen LogP contribution in [0.1, 0.15) is 57.1 Å². The number of pyridine rings is 1. The number of hydrogen-bond donors (Lipinski definition) is 1. The van der Waals surface area contributed by atoms with E-state index in [0.29, 0.717) is 36.3 Å². The Labute approximate surface area is 199 Å². The van der Waals surface area contributed by atoms with E-state index >= 15 is 0 Å². The van der Waals surface area contributed by atoms with Crippen molar-refractivity contribution < 1.29 is 14.3 Å². The van der Waals surface area contributed by atoms with Crippen LogP contribution in [0.25, 0.3) is 11.1 Å². The number of rotatable bonds is 6. The number of fused-ring (bicyclic) bond motifs is 1. The van der Waals surface area contributed by atoms with Crippen molar-refractivity contribution >= 4 is 29.1 Å². The van der Waals surface area contributed by atoms with Gasteiger partial charge in [-0.2, -0.15) is 5.10 Å². The summed E-state index contributed by atoms with van der Waals surface area (Å²) in [6, 6.07) is 1.86. The monoisotopic (exact) mass is 470 g/mol. The predicted octanol–water partition coefficient (Wildman–Crippen LogP) is 4.68. The Morgan fingerprint density at radius 2 is 2.03 bits per heavy atom. The molecular formula is C25H31ClN4O3. The van der Waals surface area contributed by atoms with Gasteiger partial charge in [0.05, 0.1) is 17.8 Å². The lowest BCUT2D eigenvalue weighted by molar-refractivity contribution is -0.126. The van der Waals surface area contributed by atoms with Crippen molar-refractivity contribution in [1.82, 2.24) is 14.8 Å². The fourth-order valence-electron chi connectivity index (χ4n) is 5.54. The topological polar surface area (TPSA) is 86.1 Å². The van der Waals surface area contributed by atoms with Crippen LogP contribution in [-0.2, 0) is 27.3 Å². The van der Waals surface area contributed by atoms with E-state index in [1.54, 1.807) is 6.20 Å². The Hall–Kier alpha value is -2.25. The van der Waals surface area contributed by atoms with Gasteiger partial charge in [-0.15, -0.1) is 0 Å². The van der Waals surface area contributed by atoms with Crippen molar-refractivity contribution in [2.45, 2.75) is 64.3 Å². The lowest BCUT2D eigenvalue weighted by Gasteiger charge is -2.28. The normalized spacial score (nSPS) is 24.9. The smallest absolute Gasteiger partial charge is 0.228 e. The number of nitrogens with zero attached hydrogens (tertiary/aromatic N) is 3. The number of nitrogens with one attached hydrogen (secondary N) is 1. The van der Waals surface area contributed by atoms with E-state index in [2.05, 4.69) is 20.1 Å². The van der Waals surface area contributed by atoms with Crippen molar-refractivity contribution in [2.75, 3.05) is 18.5 Å². The molecule has 4 heterocycles. The zero-order valence-electron chi connectivity index (χ0n) is 18.9. The van der Waals surface area contributed by atoms with Gasteiger partial charge in [-0.25, -0.2) is 4.98 Å². The number of ether oxygens (including phenoxy) is 1. The number of Topliss-reactive ketones (excluding diaryl/α,β-unsaturated/α-hetero) is 1. The number of amides is 1. The van der Waals surface area contributed by atoms with Gasteiger partial charge < -0.3 is 10.1 Å². The predicted molar refractivity (Wildman–Crippen MR) is 126 cm³/mol. The van der Waals surface area contributed by atoms with Gasteiger partial charge >= 0.3 is 0 Å². The average Bonchev–Trinajstić information content (AvgIpc) is 3.51. The van der Waals surface area contributed by atoms with Crippen molar-refractivity contribution in [1.29, 1.82) is 0 Å². The van der Waals surface area contributed by atoms with Crippen LogP contribution in [0.5, 0.6) is 0 Å². The van der Waals surface area contributed by atoms with Crippen molar-refractivity contribution in [2.24, 2.45) is 17.8 Å². The van der Waals surface area contributed by atoms with Gasteiger partial charge in [-0.05, 0) is 56.9 Å². The van der Waals surface area contributed by atoms with E-state index in [0.717, 1.165) is 69.0 Å². The number of aromatic nitrogens is 3. The van der Waals surface area contributed by atoms with Gasteiger partial charge in [0.25, 0.3) is 0 Å². The van der Waals surface area contributed by atoms with E-state index in [9.17, 15) is 9.59 Å². The first-order chi connectivity index (χ1) is 16.1. The summed E-state index contributed by atoms with van der Waals surface area (Å²) in [7, 11) is 0. The Kier molecular flexibility index (Phi) is 6.79. The molecule has 2 fully saturated rings. The van der Waals surface area contributed by atoms with E-state index < -0.39 is 0 Å². The maximum absolute atomic E-state index is 13.1. The summed E-state index contributed by atoms with van der Waals surface area (Å²) < 4.78 is 7.41. The molecule has 1 aliphatic carbocycles. The minimum Gasteiger partial charge on any atom is -0.381 e. The lowest BCUT2D eigenvalue weighted by atomic mass is 9.77. The van der Waals surface area contributed by atoms with E-state index in [1.807, 2.05) is 12.3 Å². The molecule has 3 atom stereocenters. The third kappa shape index (κ3) is 4.99. The molecule has 1 saturated carbocycles. The van der Waals surface area contributed by atoms with Crippen LogP contribution in [0.4, 0.5) is 5.82 Å². The third-order valence-corrected chi connectivity index (χ3v) is 7.71. The van der Waals surface area contributed by atoms with E-state index in [-0.39, 0.29) is 23.7 Å². The molecule has 0 radical (unpaired) electrons. The molecule has 7 nitrogen and oxygen atoms in total. The number of hydrogen-bond acceptors (Lipinski definition) is 5. The summed E-state index contributed by atoms with van der Waals surface area (Å²) in [5.41, 5.74) is 3.07. The molecule has 1 saturated heterocycles. The first kappa shape index (κ1) is 22.5. The summed E-state index contributed by atoms with van der Waals surface area (Å²) in [5, 5.41) is 8.08. The first-order valence-electron chi connectivity index (χ1n) is 12.2. The minimum absolute atomic E-state index is 0.0193. The molecule has 2 aliphatic heterocycles. The number of anilines is 1. The second-order valence-electron chi connectivity index (χ2n) is 9.68. The van der Waals surface area contributed by atoms with Crippen LogP contribution in [0.2, 0.25) is 5.02 Å². The Balaban J connectivity index is 1.24. The number of aryl methyl sites for hydroxylation is 1. The van der Waals surface area contributed by atoms with Gasteiger partial charge in [0.2, 0.25) is 5.91 Å². The standard InChI is InChI=1S/C25H31ClN4O3/c26-21-14-27-24(12-19(21)20-13-28-30-8-2-1-6-22(20)30)29-25(32)17-5-3-4-16(10-17)11-23(31)18-7-9-33-15-18/h12-14,16-18H,1-11,15H2,(H,27,29,32)/t16-,17+,18?/m1/s1. The summed E-state index contributed by atoms with van der Waals surface area (Å²) in [6.07, 6.45) is 11.7. The Morgan fingerprint density at radius 1 is 1.12 bits per heavy atom. The molecule has 176 valence electrons. The molecule has 0 aromatic carbocycles. The largest absolute Gasteiger partial charge is 0.381 e. The van der Waals surface area contributed by atoms with Crippen molar-refractivity contribution in [3.05, 3.63) is 29.2 Å². The highest BCUT2D eigenvalue weighted by molar-refractivity contribution is 6.33. The maximum Gasteiger partial charge on any atom is 0.228 e. The molecule has 2 aromatic heterocycles. The molecular weight excluding hydrogens is 440 g/mol. The molecule has 33 heavy (non-hydrogen) atoms.